The predicted molar refractivity (Wildman–Crippen MR) is 66.5 cm³/mol. The number of nitrogens with two attached hydrogens (primary N) is 1. The molecule has 0 radical (unpaired) electrons. The first-order valence-electron chi connectivity index (χ1n) is 6.09. The average Bonchev–Trinajstić information content (AvgIpc) is 2.28. The van der Waals surface area contributed by atoms with Crippen molar-refractivity contribution in [1.82, 2.24) is 0 Å². The summed E-state index contributed by atoms with van der Waals surface area (Å²) in [5.74, 6) is 0.643. The van der Waals surface area contributed by atoms with E-state index >= 15 is 0 Å². The Balaban J connectivity index is 2.25. The molecule has 0 bridgehead atoms. The van der Waals surface area contributed by atoms with E-state index in [4.69, 9.17) is 5.73 Å². The lowest BCUT2D eigenvalue weighted by Gasteiger charge is -2.32. The summed E-state index contributed by atoms with van der Waals surface area (Å²) < 4.78 is 38.1. The van der Waals surface area contributed by atoms with Gasteiger partial charge in [-0.05, 0) is 37.0 Å². The summed E-state index contributed by atoms with van der Waals surface area (Å²) >= 11 is 0. The Morgan fingerprint density at radius 3 is 2.33 bits per heavy atom. The van der Waals surface area contributed by atoms with Gasteiger partial charge in [0.15, 0.2) is 0 Å². The van der Waals surface area contributed by atoms with E-state index in [9.17, 15) is 13.2 Å². The fourth-order valence-electron chi connectivity index (χ4n) is 2.25. The van der Waals surface area contributed by atoms with Gasteiger partial charge in [0.2, 0.25) is 0 Å². The van der Waals surface area contributed by atoms with Crippen molar-refractivity contribution in [3.63, 3.8) is 0 Å². The van der Waals surface area contributed by atoms with Crippen LogP contribution in [0.1, 0.15) is 25.3 Å². The van der Waals surface area contributed by atoms with Gasteiger partial charge >= 0.3 is 6.18 Å². The van der Waals surface area contributed by atoms with Crippen LogP contribution in [-0.4, -0.2) is 13.1 Å². The second-order valence-corrected chi connectivity index (χ2v) is 4.98. The summed E-state index contributed by atoms with van der Waals surface area (Å²) in [4.78, 5) is 1.98. The van der Waals surface area contributed by atoms with Crippen LogP contribution < -0.4 is 10.6 Å². The molecule has 0 aliphatic carbocycles. The minimum atomic E-state index is -4.34. The number of alkyl halides is 3. The van der Waals surface area contributed by atoms with E-state index in [2.05, 4.69) is 6.92 Å². The minimum Gasteiger partial charge on any atom is -0.399 e. The molecular formula is C13H17F3N2. The van der Waals surface area contributed by atoms with E-state index in [1.165, 1.54) is 6.07 Å². The molecule has 2 N–H and O–H groups in total. The molecule has 0 amide bonds. The summed E-state index contributed by atoms with van der Waals surface area (Å²) in [6, 6.07) is 3.79. The molecule has 0 aromatic heterocycles. The number of hydrogen-bond acceptors (Lipinski definition) is 2. The van der Waals surface area contributed by atoms with Crippen LogP contribution in [0.15, 0.2) is 18.2 Å². The smallest absolute Gasteiger partial charge is 0.399 e. The lowest BCUT2D eigenvalue weighted by Crippen LogP contribution is -2.33. The largest absolute Gasteiger partial charge is 0.416 e. The molecule has 1 aliphatic rings. The molecule has 100 valence electrons. The quantitative estimate of drug-likeness (QED) is 0.781. The summed E-state index contributed by atoms with van der Waals surface area (Å²) in [5, 5.41) is 0. The van der Waals surface area contributed by atoms with Gasteiger partial charge in [0.1, 0.15) is 0 Å². The Kier molecular flexibility index (Phi) is 3.41. The third-order valence-corrected chi connectivity index (χ3v) is 3.42. The van der Waals surface area contributed by atoms with Gasteiger partial charge in [-0.2, -0.15) is 13.2 Å². The highest BCUT2D eigenvalue weighted by Gasteiger charge is 2.31. The third-order valence-electron chi connectivity index (χ3n) is 3.42. The molecule has 2 nitrogen and oxygen atoms in total. The fourth-order valence-corrected chi connectivity index (χ4v) is 2.25. The molecular weight excluding hydrogens is 241 g/mol. The van der Waals surface area contributed by atoms with Crippen LogP contribution >= 0.6 is 0 Å². The zero-order valence-electron chi connectivity index (χ0n) is 10.3. The van der Waals surface area contributed by atoms with Gasteiger partial charge in [0, 0.05) is 24.5 Å². The molecule has 0 spiro atoms. The number of rotatable bonds is 1. The molecule has 1 heterocycles. The van der Waals surface area contributed by atoms with Gasteiger partial charge in [0.25, 0.3) is 0 Å². The molecule has 2 rings (SSSR count). The second-order valence-electron chi connectivity index (χ2n) is 4.98. The number of benzene rings is 1. The van der Waals surface area contributed by atoms with Crippen molar-refractivity contribution in [3.05, 3.63) is 23.8 Å². The zero-order valence-corrected chi connectivity index (χ0v) is 10.3. The lowest BCUT2D eigenvalue weighted by atomic mass is 9.98. The molecule has 1 aliphatic heterocycles. The first-order valence-corrected chi connectivity index (χ1v) is 6.09. The molecule has 1 saturated heterocycles. The Labute approximate surface area is 105 Å². The molecule has 1 aromatic rings. The van der Waals surface area contributed by atoms with Crippen LogP contribution in [0.5, 0.6) is 0 Å². The van der Waals surface area contributed by atoms with Gasteiger partial charge in [-0.1, -0.05) is 6.92 Å². The first-order chi connectivity index (χ1) is 8.36. The second kappa shape index (κ2) is 4.71. The highest BCUT2D eigenvalue weighted by Crippen LogP contribution is 2.34. The van der Waals surface area contributed by atoms with Crippen molar-refractivity contribution in [2.45, 2.75) is 25.9 Å². The van der Waals surface area contributed by atoms with Crippen molar-refractivity contribution >= 4 is 11.4 Å². The summed E-state index contributed by atoms with van der Waals surface area (Å²) in [6.45, 7) is 3.75. The van der Waals surface area contributed by atoms with E-state index in [0.29, 0.717) is 11.6 Å². The van der Waals surface area contributed by atoms with Crippen LogP contribution in [0.3, 0.4) is 0 Å². The van der Waals surface area contributed by atoms with Crippen LogP contribution in [0.2, 0.25) is 0 Å². The number of hydrogen-bond donors (Lipinski definition) is 1. The number of anilines is 2. The van der Waals surface area contributed by atoms with Crippen LogP contribution in [-0.2, 0) is 6.18 Å². The monoisotopic (exact) mass is 258 g/mol. The predicted octanol–water partition coefficient (Wildman–Crippen LogP) is 3.52. The van der Waals surface area contributed by atoms with E-state index in [-0.39, 0.29) is 5.69 Å². The van der Waals surface area contributed by atoms with Crippen LogP contribution in [0.25, 0.3) is 0 Å². The Hall–Kier alpha value is -1.39. The van der Waals surface area contributed by atoms with Gasteiger partial charge in [-0.25, -0.2) is 0 Å². The normalized spacial score (nSPS) is 18.1. The number of nitrogen functional groups attached to an aromatic ring is 1. The van der Waals surface area contributed by atoms with Crippen molar-refractivity contribution in [1.29, 1.82) is 0 Å². The maximum absolute atomic E-state index is 12.7. The molecule has 0 atom stereocenters. The molecule has 1 aromatic carbocycles. The lowest BCUT2D eigenvalue weighted by molar-refractivity contribution is -0.137. The fraction of sp³-hybridized carbons (Fsp3) is 0.538. The summed E-state index contributed by atoms with van der Waals surface area (Å²) in [5.41, 5.74) is 5.64. The van der Waals surface area contributed by atoms with E-state index in [1.54, 1.807) is 6.07 Å². The summed E-state index contributed by atoms with van der Waals surface area (Å²) in [7, 11) is 0. The molecule has 18 heavy (non-hydrogen) atoms. The number of piperidine rings is 1. The van der Waals surface area contributed by atoms with Gasteiger partial charge in [-0.3, -0.25) is 0 Å². The summed E-state index contributed by atoms with van der Waals surface area (Å²) in [6.07, 6.45) is -2.32. The number of nitrogens with zero attached hydrogens (tertiary/aromatic N) is 1. The van der Waals surface area contributed by atoms with Crippen molar-refractivity contribution < 1.29 is 13.2 Å². The van der Waals surface area contributed by atoms with E-state index < -0.39 is 11.7 Å². The van der Waals surface area contributed by atoms with Crippen molar-refractivity contribution in [2.24, 2.45) is 5.92 Å². The van der Waals surface area contributed by atoms with E-state index in [1.807, 2.05) is 4.90 Å². The molecule has 0 unspecified atom stereocenters. The van der Waals surface area contributed by atoms with Crippen LogP contribution in [0.4, 0.5) is 24.5 Å². The van der Waals surface area contributed by atoms with Gasteiger partial charge in [-0.15, -0.1) is 0 Å². The van der Waals surface area contributed by atoms with E-state index in [0.717, 1.165) is 32.0 Å². The Bertz CT molecular complexity index is 421. The molecule has 5 heteroatoms. The minimum absolute atomic E-state index is 0.165. The average molecular weight is 258 g/mol. The maximum Gasteiger partial charge on any atom is 0.416 e. The topological polar surface area (TPSA) is 29.3 Å². The first kappa shape index (κ1) is 13.1. The Morgan fingerprint density at radius 1 is 1.17 bits per heavy atom. The van der Waals surface area contributed by atoms with Crippen LogP contribution in [0, 0.1) is 5.92 Å². The third kappa shape index (κ3) is 2.89. The Morgan fingerprint density at radius 2 is 1.78 bits per heavy atom. The number of halogens is 3. The molecule has 1 fully saturated rings. The standard InChI is InChI=1S/C13H17F3N2/c1-9-2-4-18(5-3-9)12-7-10(13(14,15)16)6-11(17)8-12/h6-9H,2-5,17H2,1H3. The highest BCUT2D eigenvalue weighted by molar-refractivity contribution is 5.59. The van der Waals surface area contributed by atoms with Crippen molar-refractivity contribution in [3.8, 4) is 0 Å². The zero-order chi connectivity index (χ0) is 13.3. The highest BCUT2D eigenvalue weighted by atomic mass is 19.4. The maximum atomic E-state index is 12.7. The van der Waals surface area contributed by atoms with Crippen molar-refractivity contribution in [2.75, 3.05) is 23.7 Å². The van der Waals surface area contributed by atoms with Gasteiger partial charge in [0.05, 0.1) is 5.56 Å². The SMILES string of the molecule is CC1CCN(c2cc(N)cc(C(F)(F)F)c2)CC1. The molecule has 0 saturated carbocycles. The van der Waals surface area contributed by atoms with Gasteiger partial charge < -0.3 is 10.6 Å².